The summed E-state index contributed by atoms with van der Waals surface area (Å²) < 4.78 is 0. The van der Waals surface area contributed by atoms with Gasteiger partial charge in [-0.05, 0) is 17.5 Å². The Labute approximate surface area is 105 Å². The number of amides is 1. The molecule has 18 heavy (non-hydrogen) atoms. The summed E-state index contributed by atoms with van der Waals surface area (Å²) in [7, 11) is 0. The maximum atomic E-state index is 11.7. The van der Waals surface area contributed by atoms with Gasteiger partial charge in [0.05, 0.1) is 0 Å². The highest BCUT2D eigenvalue weighted by atomic mass is 16.4. The number of carbonyl (C=O) groups excluding carboxylic acids is 1. The van der Waals surface area contributed by atoms with E-state index in [0.717, 1.165) is 11.1 Å². The molecule has 0 bridgehead atoms. The fourth-order valence-corrected chi connectivity index (χ4v) is 2.24. The monoisotopic (exact) mass is 248 g/mol. The number of carboxylic acid groups (broad SMARTS) is 1. The molecule has 0 spiro atoms. The van der Waals surface area contributed by atoms with Crippen molar-refractivity contribution in [3.63, 3.8) is 0 Å². The standard InChI is InChI=1S/C13H16N2O3/c14-7-9-2-1-3-10(6-9)8-15-11(13(17)18)4-5-12(15)16/h1-3,6,11H,4-5,7-8,14H2,(H,17,18). The first kappa shape index (κ1) is 12.6. The van der Waals surface area contributed by atoms with Crippen LogP contribution in [0.15, 0.2) is 24.3 Å². The fourth-order valence-electron chi connectivity index (χ4n) is 2.24. The Morgan fingerprint density at radius 3 is 2.83 bits per heavy atom. The summed E-state index contributed by atoms with van der Waals surface area (Å²) in [6.45, 7) is 0.772. The van der Waals surface area contributed by atoms with E-state index < -0.39 is 12.0 Å². The Bertz CT molecular complexity index is 473. The lowest BCUT2D eigenvalue weighted by Crippen LogP contribution is -2.37. The van der Waals surface area contributed by atoms with Crippen molar-refractivity contribution < 1.29 is 14.7 Å². The van der Waals surface area contributed by atoms with Crippen LogP contribution in [-0.2, 0) is 22.7 Å². The second-order valence-electron chi connectivity index (χ2n) is 4.44. The molecule has 0 aromatic heterocycles. The molecule has 0 saturated carbocycles. The summed E-state index contributed by atoms with van der Waals surface area (Å²) in [6.07, 6.45) is 0.707. The van der Waals surface area contributed by atoms with E-state index in [1.54, 1.807) is 0 Å². The lowest BCUT2D eigenvalue weighted by atomic mass is 10.1. The van der Waals surface area contributed by atoms with E-state index in [2.05, 4.69) is 0 Å². The number of carbonyl (C=O) groups is 2. The topological polar surface area (TPSA) is 83.6 Å². The van der Waals surface area contributed by atoms with Gasteiger partial charge in [0.2, 0.25) is 5.91 Å². The highest BCUT2D eigenvalue weighted by molar-refractivity contribution is 5.87. The van der Waals surface area contributed by atoms with Crippen LogP contribution < -0.4 is 5.73 Å². The van der Waals surface area contributed by atoms with Crippen molar-refractivity contribution in [2.75, 3.05) is 0 Å². The highest BCUT2D eigenvalue weighted by Gasteiger charge is 2.35. The Kier molecular flexibility index (Phi) is 3.62. The molecule has 1 atom stereocenters. The first-order valence-electron chi connectivity index (χ1n) is 5.92. The Balaban J connectivity index is 2.16. The molecule has 0 radical (unpaired) electrons. The predicted molar refractivity (Wildman–Crippen MR) is 65.5 cm³/mol. The van der Waals surface area contributed by atoms with Crippen LogP contribution in [0.1, 0.15) is 24.0 Å². The molecule has 1 aromatic rings. The molecule has 1 fully saturated rings. The maximum absolute atomic E-state index is 11.7. The lowest BCUT2D eigenvalue weighted by Gasteiger charge is -2.21. The van der Waals surface area contributed by atoms with Crippen LogP contribution >= 0.6 is 0 Å². The van der Waals surface area contributed by atoms with Gasteiger partial charge in [0.1, 0.15) is 6.04 Å². The molecular weight excluding hydrogens is 232 g/mol. The molecule has 5 heteroatoms. The largest absolute Gasteiger partial charge is 0.480 e. The number of carboxylic acids is 1. The van der Waals surface area contributed by atoms with Gasteiger partial charge in [0.15, 0.2) is 0 Å². The molecule has 1 unspecified atom stereocenters. The molecule has 1 aliphatic heterocycles. The van der Waals surface area contributed by atoms with E-state index in [4.69, 9.17) is 10.8 Å². The molecule has 3 N–H and O–H groups in total. The van der Waals surface area contributed by atoms with Crippen molar-refractivity contribution in [2.45, 2.75) is 32.0 Å². The van der Waals surface area contributed by atoms with Crippen LogP contribution in [0.5, 0.6) is 0 Å². The van der Waals surface area contributed by atoms with Crippen LogP contribution in [0.25, 0.3) is 0 Å². The van der Waals surface area contributed by atoms with Crippen LogP contribution in [0, 0.1) is 0 Å². The first-order valence-corrected chi connectivity index (χ1v) is 5.92. The van der Waals surface area contributed by atoms with Crippen LogP contribution in [0.2, 0.25) is 0 Å². The molecule has 1 amide bonds. The summed E-state index contributed by atoms with van der Waals surface area (Å²) in [5.74, 6) is -1.03. The van der Waals surface area contributed by atoms with Crippen LogP contribution in [0.4, 0.5) is 0 Å². The van der Waals surface area contributed by atoms with Gasteiger partial charge in [-0.15, -0.1) is 0 Å². The highest BCUT2D eigenvalue weighted by Crippen LogP contribution is 2.22. The summed E-state index contributed by atoms with van der Waals surface area (Å²) >= 11 is 0. The van der Waals surface area contributed by atoms with Crippen molar-refractivity contribution in [2.24, 2.45) is 5.73 Å². The molecule has 2 rings (SSSR count). The van der Waals surface area contributed by atoms with Gasteiger partial charge in [-0.2, -0.15) is 0 Å². The molecule has 1 aliphatic rings. The van der Waals surface area contributed by atoms with Gasteiger partial charge in [0.25, 0.3) is 0 Å². The quantitative estimate of drug-likeness (QED) is 0.822. The predicted octanol–water partition coefficient (Wildman–Crippen LogP) is 0.721. The normalized spacial score (nSPS) is 19.3. The Hall–Kier alpha value is -1.88. The zero-order valence-corrected chi connectivity index (χ0v) is 10.0. The van der Waals surface area contributed by atoms with Crippen molar-refractivity contribution in [1.82, 2.24) is 4.90 Å². The zero-order valence-electron chi connectivity index (χ0n) is 10.0. The van der Waals surface area contributed by atoms with Gasteiger partial charge >= 0.3 is 5.97 Å². The minimum atomic E-state index is -0.934. The number of aliphatic carboxylic acids is 1. The average molecular weight is 248 g/mol. The maximum Gasteiger partial charge on any atom is 0.326 e. The van der Waals surface area contributed by atoms with E-state index >= 15 is 0 Å². The van der Waals surface area contributed by atoms with Gasteiger partial charge in [0, 0.05) is 19.5 Å². The van der Waals surface area contributed by atoms with Crippen LogP contribution in [-0.4, -0.2) is 27.9 Å². The summed E-state index contributed by atoms with van der Waals surface area (Å²) in [5, 5.41) is 9.07. The average Bonchev–Trinajstić information content (AvgIpc) is 2.71. The number of hydrogen-bond acceptors (Lipinski definition) is 3. The van der Waals surface area contributed by atoms with E-state index in [1.165, 1.54) is 4.90 Å². The van der Waals surface area contributed by atoms with Gasteiger partial charge in [-0.25, -0.2) is 4.79 Å². The van der Waals surface area contributed by atoms with Gasteiger partial charge in [-0.1, -0.05) is 24.3 Å². The van der Waals surface area contributed by atoms with Crippen molar-refractivity contribution in [3.05, 3.63) is 35.4 Å². The molecule has 1 aromatic carbocycles. The number of nitrogens with zero attached hydrogens (tertiary/aromatic N) is 1. The van der Waals surface area contributed by atoms with E-state index in [0.29, 0.717) is 25.9 Å². The summed E-state index contributed by atoms with van der Waals surface area (Å²) in [4.78, 5) is 24.2. The second kappa shape index (κ2) is 5.18. The first-order chi connectivity index (χ1) is 8.61. The van der Waals surface area contributed by atoms with Crippen molar-refractivity contribution >= 4 is 11.9 Å². The van der Waals surface area contributed by atoms with Gasteiger partial charge in [-0.3, -0.25) is 4.79 Å². The smallest absolute Gasteiger partial charge is 0.326 e. The number of nitrogens with two attached hydrogens (primary N) is 1. The zero-order chi connectivity index (χ0) is 13.1. The van der Waals surface area contributed by atoms with Crippen molar-refractivity contribution in [3.8, 4) is 0 Å². The number of likely N-dealkylation sites (tertiary alicyclic amines) is 1. The van der Waals surface area contributed by atoms with E-state index in [9.17, 15) is 9.59 Å². The Morgan fingerprint density at radius 1 is 1.44 bits per heavy atom. The number of benzene rings is 1. The fraction of sp³-hybridized carbons (Fsp3) is 0.385. The molecular formula is C13H16N2O3. The second-order valence-corrected chi connectivity index (χ2v) is 4.44. The minimum absolute atomic E-state index is 0.0967. The molecule has 1 saturated heterocycles. The van der Waals surface area contributed by atoms with E-state index in [-0.39, 0.29) is 5.91 Å². The van der Waals surface area contributed by atoms with Crippen LogP contribution in [0.3, 0.4) is 0 Å². The third kappa shape index (κ3) is 2.51. The third-order valence-corrected chi connectivity index (χ3v) is 3.19. The third-order valence-electron chi connectivity index (χ3n) is 3.19. The SMILES string of the molecule is NCc1cccc(CN2C(=O)CCC2C(=O)O)c1. The van der Waals surface area contributed by atoms with Crippen molar-refractivity contribution in [1.29, 1.82) is 0 Å². The molecule has 5 nitrogen and oxygen atoms in total. The van der Waals surface area contributed by atoms with E-state index in [1.807, 2.05) is 24.3 Å². The summed E-state index contributed by atoms with van der Waals surface area (Å²) in [6, 6.07) is 6.87. The molecule has 1 heterocycles. The minimum Gasteiger partial charge on any atom is -0.480 e. The molecule has 96 valence electrons. The Morgan fingerprint density at radius 2 is 2.17 bits per heavy atom. The lowest BCUT2D eigenvalue weighted by molar-refractivity contribution is -0.146. The van der Waals surface area contributed by atoms with Gasteiger partial charge < -0.3 is 15.7 Å². The summed E-state index contributed by atoms with van der Waals surface area (Å²) in [5.41, 5.74) is 7.45. The number of hydrogen-bond donors (Lipinski definition) is 2. The number of rotatable bonds is 4. The molecule has 0 aliphatic carbocycles.